The van der Waals surface area contributed by atoms with Crippen LogP contribution in [0.15, 0.2) is 36.5 Å². The Bertz CT molecular complexity index is 1060. The fourth-order valence-corrected chi connectivity index (χ4v) is 7.85. The Kier molecular flexibility index (Phi) is 41.1. The van der Waals surface area contributed by atoms with Gasteiger partial charge in [-0.15, -0.1) is 0 Å². The number of unbranched alkanes of at least 4 members (excludes halogenated alkanes) is 28. The number of carbonyl (C=O) groups excluding carboxylic acids is 1. The number of amides is 1. The third-order valence-electron chi connectivity index (χ3n) is 11.1. The van der Waals surface area contributed by atoms with Gasteiger partial charge < -0.3 is 19.8 Å². The molecule has 3 N–H and O–H groups in total. The Morgan fingerprint density at radius 2 is 0.932 bits per heavy atom. The van der Waals surface area contributed by atoms with E-state index < -0.39 is 20.0 Å². The molecule has 0 radical (unpaired) electrons. The molecule has 0 saturated heterocycles. The molecule has 0 aromatic heterocycles. The summed E-state index contributed by atoms with van der Waals surface area (Å²) in [4.78, 5) is 23.1. The average molecular weight is 854 g/mol. The van der Waals surface area contributed by atoms with Crippen molar-refractivity contribution in [3.05, 3.63) is 36.5 Å². The fraction of sp³-hybridized carbons (Fsp3) is 0.860. The molecule has 3 unspecified atom stereocenters. The third-order valence-corrected chi connectivity index (χ3v) is 12.1. The first kappa shape index (κ1) is 57.7. The summed E-state index contributed by atoms with van der Waals surface area (Å²) < 4.78 is 23.5. The third kappa shape index (κ3) is 44.6. The Labute approximate surface area is 366 Å². The highest BCUT2D eigenvalue weighted by Gasteiger charge is 2.27. The average Bonchev–Trinajstić information content (AvgIpc) is 3.19. The molecule has 0 rings (SSSR count). The highest BCUT2D eigenvalue weighted by atomic mass is 31.2. The summed E-state index contributed by atoms with van der Waals surface area (Å²) in [6.45, 7) is 4.77. The maximum Gasteiger partial charge on any atom is 0.472 e. The number of phosphoric acid groups is 1. The number of likely N-dealkylation sites (N-methyl/N-ethyl adjacent to an activating group) is 1. The van der Waals surface area contributed by atoms with E-state index in [1.54, 1.807) is 6.08 Å². The molecule has 8 nitrogen and oxygen atoms in total. The van der Waals surface area contributed by atoms with Gasteiger partial charge in [0, 0.05) is 6.42 Å². The van der Waals surface area contributed by atoms with Crippen molar-refractivity contribution in [2.24, 2.45) is 0 Å². The summed E-state index contributed by atoms with van der Waals surface area (Å²) in [6.07, 6.45) is 52.4. The predicted molar refractivity (Wildman–Crippen MR) is 254 cm³/mol. The van der Waals surface area contributed by atoms with E-state index in [4.69, 9.17) is 9.05 Å². The van der Waals surface area contributed by atoms with E-state index in [1.165, 1.54) is 167 Å². The molecule has 0 heterocycles. The van der Waals surface area contributed by atoms with Gasteiger partial charge in [0.25, 0.3) is 0 Å². The van der Waals surface area contributed by atoms with Crippen LogP contribution in [-0.4, -0.2) is 73.4 Å². The highest BCUT2D eigenvalue weighted by Crippen LogP contribution is 2.43. The van der Waals surface area contributed by atoms with Crippen LogP contribution in [0.2, 0.25) is 0 Å². The summed E-state index contributed by atoms with van der Waals surface area (Å²) in [5.41, 5.74) is 0. The molecule has 0 bridgehead atoms. The molecule has 0 aromatic carbocycles. The van der Waals surface area contributed by atoms with Gasteiger partial charge in [0.2, 0.25) is 5.91 Å². The maximum atomic E-state index is 12.9. The highest BCUT2D eigenvalue weighted by molar-refractivity contribution is 7.47. The summed E-state index contributed by atoms with van der Waals surface area (Å²) >= 11 is 0. The molecule has 59 heavy (non-hydrogen) atoms. The zero-order chi connectivity index (χ0) is 43.6. The number of hydrogen-bond acceptors (Lipinski definition) is 5. The number of carbonyl (C=O) groups is 1. The molecule has 348 valence electrons. The first-order valence-electron chi connectivity index (χ1n) is 24.9. The first-order valence-corrected chi connectivity index (χ1v) is 26.4. The minimum Gasteiger partial charge on any atom is -0.387 e. The van der Waals surface area contributed by atoms with Crippen LogP contribution in [0.1, 0.15) is 226 Å². The number of nitrogens with zero attached hydrogens (tertiary/aromatic N) is 1. The second-order valence-electron chi connectivity index (χ2n) is 18.2. The van der Waals surface area contributed by atoms with Gasteiger partial charge in [-0.05, 0) is 57.8 Å². The van der Waals surface area contributed by atoms with Gasteiger partial charge in [-0.3, -0.25) is 13.8 Å². The number of phosphoric ester groups is 1. The van der Waals surface area contributed by atoms with E-state index in [0.29, 0.717) is 17.4 Å². The molecule has 0 spiro atoms. The zero-order valence-corrected chi connectivity index (χ0v) is 40.4. The van der Waals surface area contributed by atoms with Gasteiger partial charge in [0.15, 0.2) is 0 Å². The van der Waals surface area contributed by atoms with Crippen LogP contribution >= 0.6 is 7.82 Å². The van der Waals surface area contributed by atoms with E-state index in [9.17, 15) is 19.4 Å². The van der Waals surface area contributed by atoms with Crippen molar-refractivity contribution < 1.29 is 32.9 Å². The number of rotatable bonds is 45. The normalized spacial score (nSPS) is 14.5. The van der Waals surface area contributed by atoms with Crippen molar-refractivity contribution in [3.63, 3.8) is 0 Å². The number of aliphatic hydroxyl groups is 1. The van der Waals surface area contributed by atoms with Crippen LogP contribution in [0.25, 0.3) is 0 Å². The van der Waals surface area contributed by atoms with Crippen LogP contribution in [0.5, 0.6) is 0 Å². The zero-order valence-electron chi connectivity index (χ0n) is 39.5. The van der Waals surface area contributed by atoms with E-state index in [2.05, 4.69) is 43.5 Å². The molecule has 0 saturated carbocycles. The molecule has 1 amide bonds. The molecular weight excluding hydrogens is 756 g/mol. The van der Waals surface area contributed by atoms with Gasteiger partial charge in [0.05, 0.1) is 39.9 Å². The van der Waals surface area contributed by atoms with Crippen molar-refractivity contribution in [2.75, 3.05) is 40.9 Å². The van der Waals surface area contributed by atoms with Crippen LogP contribution in [0.3, 0.4) is 0 Å². The van der Waals surface area contributed by atoms with Crippen molar-refractivity contribution in [1.29, 1.82) is 0 Å². The number of quaternary nitrogens is 1. The van der Waals surface area contributed by atoms with Crippen molar-refractivity contribution in [3.8, 4) is 0 Å². The van der Waals surface area contributed by atoms with Gasteiger partial charge in [0.1, 0.15) is 13.2 Å². The van der Waals surface area contributed by atoms with Gasteiger partial charge in [-0.1, -0.05) is 198 Å². The molecule has 3 atom stereocenters. The van der Waals surface area contributed by atoms with Crippen molar-refractivity contribution in [2.45, 2.75) is 238 Å². The lowest BCUT2D eigenvalue weighted by Crippen LogP contribution is -2.45. The summed E-state index contributed by atoms with van der Waals surface area (Å²) in [5.74, 6) is -0.189. The molecule has 0 aromatic rings. The maximum absolute atomic E-state index is 12.9. The lowest BCUT2D eigenvalue weighted by molar-refractivity contribution is -0.870. The molecule has 0 aliphatic carbocycles. The Hall–Kier alpha value is -1.28. The van der Waals surface area contributed by atoms with Crippen LogP contribution in [-0.2, 0) is 18.4 Å². The summed E-state index contributed by atoms with van der Waals surface area (Å²) in [7, 11) is 1.55. The Morgan fingerprint density at radius 3 is 1.36 bits per heavy atom. The predicted octanol–water partition coefficient (Wildman–Crippen LogP) is 14.3. The monoisotopic (exact) mass is 854 g/mol. The van der Waals surface area contributed by atoms with Crippen LogP contribution < -0.4 is 5.32 Å². The minimum absolute atomic E-state index is 0.0560. The quantitative estimate of drug-likeness (QED) is 0.0244. The van der Waals surface area contributed by atoms with Crippen molar-refractivity contribution in [1.82, 2.24) is 5.32 Å². The Morgan fingerprint density at radius 1 is 0.559 bits per heavy atom. The molecule has 0 fully saturated rings. The SMILES string of the molecule is CCCCCCC/C=C/CC/C=C/C(O)C(COP(=O)(O)OCC[N+](C)(C)C)NC(=O)CCCCCCCCCCCC/C=C\CCCCCCCCCCCCCC. The van der Waals surface area contributed by atoms with Gasteiger partial charge in [-0.25, -0.2) is 4.57 Å². The molecule has 9 heteroatoms. The van der Waals surface area contributed by atoms with Gasteiger partial charge in [-0.2, -0.15) is 0 Å². The number of nitrogens with one attached hydrogen (secondary N) is 1. The lowest BCUT2D eigenvalue weighted by atomic mass is 10.0. The van der Waals surface area contributed by atoms with E-state index in [1.807, 2.05) is 27.2 Å². The Balaban J connectivity index is 4.17. The molecule has 0 aliphatic heterocycles. The first-order chi connectivity index (χ1) is 28.5. The van der Waals surface area contributed by atoms with Crippen LogP contribution in [0.4, 0.5) is 0 Å². The summed E-state index contributed by atoms with van der Waals surface area (Å²) in [5, 5.41) is 13.8. The number of aliphatic hydroxyl groups excluding tert-OH is 1. The topological polar surface area (TPSA) is 105 Å². The number of hydrogen-bond donors (Lipinski definition) is 3. The fourth-order valence-electron chi connectivity index (χ4n) is 7.11. The summed E-state index contributed by atoms with van der Waals surface area (Å²) in [6, 6.07) is -0.861. The van der Waals surface area contributed by atoms with Crippen LogP contribution in [0, 0.1) is 0 Å². The second kappa shape index (κ2) is 42.0. The molecular formula is C50H98N2O6P+. The number of allylic oxidation sites excluding steroid dienone is 5. The lowest BCUT2D eigenvalue weighted by Gasteiger charge is -2.25. The standard InChI is InChI=1S/C50H97N2O6P/c1-6-8-10-12-14-16-18-19-20-21-22-23-24-25-26-27-28-29-30-31-32-34-36-38-40-42-44-50(54)51-48(47-58-59(55,56)57-46-45-52(3,4)5)49(53)43-41-39-37-35-33-17-15-13-11-9-7-2/h25-26,33,35,41,43,48-49,53H,6-24,27-32,34,36-40,42,44-47H2,1-5H3,(H-,51,54,55,56)/p+1/b26-25-,35-33+,43-41+. The smallest absolute Gasteiger partial charge is 0.387 e. The second-order valence-corrected chi connectivity index (χ2v) is 19.6. The van der Waals surface area contributed by atoms with E-state index in [0.717, 1.165) is 38.5 Å². The largest absolute Gasteiger partial charge is 0.472 e. The van der Waals surface area contributed by atoms with Gasteiger partial charge >= 0.3 is 7.82 Å². The minimum atomic E-state index is -4.34. The molecule has 0 aliphatic rings. The van der Waals surface area contributed by atoms with Crippen molar-refractivity contribution >= 4 is 13.7 Å². The van der Waals surface area contributed by atoms with E-state index in [-0.39, 0.29) is 19.1 Å². The van der Waals surface area contributed by atoms with E-state index >= 15 is 0 Å².